The SMILES string of the molecule is CCOC(=O)[C@H]1CC2(CC[NH+](Cc3ccccc3)CC2)[NH+]2CCC[C@H]12. The highest BCUT2D eigenvalue weighted by molar-refractivity contribution is 5.73. The molecule has 4 rings (SSSR count). The van der Waals surface area contributed by atoms with Crippen molar-refractivity contribution in [3.8, 4) is 0 Å². The van der Waals surface area contributed by atoms with Gasteiger partial charge in [0.15, 0.2) is 0 Å². The predicted molar refractivity (Wildman–Crippen MR) is 96.4 cm³/mol. The van der Waals surface area contributed by atoms with Crippen molar-refractivity contribution in [3.63, 3.8) is 0 Å². The quantitative estimate of drug-likeness (QED) is 0.768. The van der Waals surface area contributed by atoms with Crippen molar-refractivity contribution in [1.82, 2.24) is 0 Å². The first-order valence-corrected chi connectivity index (χ1v) is 10.1. The zero-order valence-corrected chi connectivity index (χ0v) is 15.4. The van der Waals surface area contributed by atoms with Gasteiger partial charge in [-0.15, -0.1) is 0 Å². The second kappa shape index (κ2) is 7.08. The maximum Gasteiger partial charge on any atom is 0.315 e. The number of ether oxygens (including phenoxy) is 1. The number of likely N-dealkylation sites (tertiary alicyclic amines) is 1. The van der Waals surface area contributed by atoms with Crippen molar-refractivity contribution in [3.05, 3.63) is 35.9 Å². The van der Waals surface area contributed by atoms with Gasteiger partial charge in [0, 0.05) is 24.8 Å². The Hall–Kier alpha value is -1.39. The van der Waals surface area contributed by atoms with E-state index in [0.29, 0.717) is 18.2 Å². The molecule has 3 heterocycles. The van der Waals surface area contributed by atoms with Crippen LogP contribution >= 0.6 is 0 Å². The Labute approximate surface area is 151 Å². The highest BCUT2D eigenvalue weighted by atomic mass is 16.5. The molecule has 0 bridgehead atoms. The number of quaternary nitrogens is 2. The average Bonchev–Trinajstić information content (AvgIpc) is 3.22. The van der Waals surface area contributed by atoms with E-state index in [2.05, 4.69) is 30.3 Å². The molecular weight excluding hydrogens is 312 g/mol. The van der Waals surface area contributed by atoms with Crippen molar-refractivity contribution in [2.75, 3.05) is 26.2 Å². The summed E-state index contributed by atoms with van der Waals surface area (Å²) in [6.07, 6.45) is 6.07. The molecule has 136 valence electrons. The van der Waals surface area contributed by atoms with Crippen molar-refractivity contribution < 1.29 is 19.3 Å². The van der Waals surface area contributed by atoms with Crippen LogP contribution in [0, 0.1) is 5.92 Å². The summed E-state index contributed by atoms with van der Waals surface area (Å²) >= 11 is 0. The van der Waals surface area contributed by atoms with E-state index < -0.39 is 0 Å². The van der Waals surface area contributed by atoms with Crippen molar-refractivity contribution >= 4 is 5.97 Å². The minimum absolute atomic E-state index is 0.0721. The molecule has 0 saturated carbocycles. The Morgan fingerprint density at radius 3 is 2.68 bits per heavy atom. The third-order valence-electron chi connectivity index (χ3n) is 6.99. The van der Waals surface area contributed by atoms with Crippen LogP contribution in [0.15, 0.2) is 30.3 Å². The van der Waals surface area contributed by atoms with Crippen LogP contribution in [0.5, 0.6) is 0 Å². The summed E-state index contributed by atoms with van der Waals surface area (Å²) in [5.41, 5.74) is 1.79. The minimum atomic E-state index is 0.0721. The number of carbonyl (C=O) groups excluding carboxylic acids is 1. The fourth-order valence-corrected chi connectivity index (χ4v) is 5.83. The van der Waals surface area contributed by atoms with E-state index in [1.807, 2.05) is 6.92 Å². The molecule has 2 N–H and O–H groups in total. The lowest BCUT2D eigenvalue weighted by molar-refractivity contribution is -0.981. The first kappa shape index (κ1) is 17.0. The molecule has 4 heteroatoms. The second-order valence-electron chi connectivity index (χ2n) is 8.28. The molecule has 3 aliphatic rings. The summed E-state index contributed by atoms with van der Waals surface area (Å²) in [5.74, 6) is 0.218. The highest BCUT2D eigenvalue weighted by Gasteiger charge is 2.61. The summed E-state index contributed by atoms with van der Waals surface area (Å²) in [7, 11) is 0. The molecule has 0 radical (unpaired) electrons. The Morgan fingerprint density at radius 1 is 1.20 bits per heavy atom. The number of fused-ring (bicyclic) bond motifs is 2. The monoisotopic (exact) mass is 344 g/mol. The Balaban J connectivity index is 1.42. The molecule has 3 aliphatic heterocycles. The van der Waals surface area contributed by atoms with Gasteiger partial charge in [-0.25, -0.2) is 0 Å². The topological polar surface area (TPSA) is 35.2 Å². The normalized spacial score (nSPS) is 37.2. The molecule has 25 heavy (non-hydrogen) atoms. The van der Waals surface area contributed by atoms with Gasteiger partial charge in [-0.2, -0.15) is 0 Å². The molecule has 1 spiro atoms. The van der Waals surface area contributed by atoms with Gasteiger partial charge in [-0.05, 0) is 6.92 Å². The highest BCUT2D eigenvalue weighted by Crippen LogP contribution is 2.35. The van der Waals surface area contributed by atoms with Crippen LogP contribution in [0.4, 0.5) is 0 Å². The summed E-state index contributed by atoms with van der Waals surface area (Å²) in [5, 5.41) is 0. The summed E-state index contributed by atoms with van der Waals surface area (Å²) in [6.45, 7) is 7.31. The van der Waals surface area contributed by atoms with Gasteiger partial charge in [0.1, 0.15) is 24.0 Å². The van der Waals surface area contributed by atoms with E-state index in [-0.39, 0.29) is 11.9 Å². The first-order chi connectivity index (χ1) is 12.2. The number of benzene rings is 1. The van der Waals surface area contributed by atoms with Crippen LogP contribution < -0.4 is 9.80 Å². The number of carbonyl (C=O) groups is 1. The van der Waals surface area contributed by atoms with E-state index in [1.165, 1.54) is 50.9 Å². The van der Waals surface area contributed by atoms with Gasteiger partial charge in [-0.1, -0.05) is 30.3 Å². The van der Waals surface area contributed by atoms with Crippen LogP contribution in [-0.2, 0) is 16.1 Å². The second-order valence-corrected chi connectivity index (χ2v) is 8.28. The Morgan fingerprint density at radius 2 is 1.96 bits per heavy atom. The molecule has 0 aromatic heterocycles. The number of rotatable bonds is 4. The number of nitrogens with one attached hydrogen (secondary N) is 2. The fraction of sp³-hybridized carbons (Fsp3) is 0.667. The fourth-order valence-electron chi connectivity index (χ4n) is 5.83. The van der Waals surface area contributed by atoms with Gasteiger partial charge in [0.05, 0.1) is 39.1 Å². The predicted octanol–water partition coefficient (Wildman–Crippen LogP) is 0.234. The van der Waals surface area contributed by atoms with Gasteiger partial charge in [0.25, 0.3) is 0 Å². The Kier molecular flexibility index (Phi) is 4.83. The number of hydrogen-bond donors (Lipinski definition) is 2. The maximum atomic E-state index is 12.5. The molecular formula is C21H32N2O2+2. The van der Waals surface area contributed by atoms with Crippen LogP contribution in [0.3, 0.4) is 0 Å². The van der Waals surface area contributed by atoms with E-state index in [1.54, 1.807) is 9.80 Å². The molecule has 0 amide bonds. The van der Waals surface area contributed by atoms with Crippen molar-refractivity contribution in [2.24, 2.45) is 5.92 Å². The molecule has 4 nitrogen and oxygen atoms in total. The smallest absolute Gasteiger partial charge is 0.315 e. The van der Waals surface area contributed by atoms with Crippen LogP contribution in [0.1, 0.15) is 44.6 Å². The zero-order chi connectivity index (χ0) is 17.3. The van der Waals surface area contributed by atoms with Crippen LogP contribution in [-0.4, -0.2) is 43.8 Å². The third-order valence-corrected chi connectivity index (χ3v) is 6.99. The number of piperidine rings is 1. The Bertz CT molecular complexity index is 595. The molecule has 0 aliphatic carbocycles. The van der Waals surface area contributed by atoms with Gasteiger partial charge < -0.3 is 14.5 Å². The van der Waals surface area contributed by atoms with Crippen LogP contribution in [0.2, 0.25) is 0 Å². The minimum Gasteiger partial charge on any atom is -0.466 e. The third kappa shape index (κ3) is 3.22. The van der Waals surface area contributed by atoms with Gasteiger partial charge in [0.2, 0.25) is 0 Å². The van der Waals surface area contributed by atoms with E-state index in [0.717, 1.165) is 13.0 Å². The van der Waals surface area contributed by atoms with Gasteiger partial charge >= 0.3 is 5.97 Å². The lowest BCUT2D eigenvalue weighted by Crippen LogP contribution is -3.23. The van der Waals surface area contributed by atoms with Crippen molar-refractivity contribution in [1.29, 1.82) is 0 Å². The van der Waals surface area contributed by atoms with E-state index in [9.17, 15) is 4.79 Å². The average molecular weight is 344 g/mol. The molecule has 3 fully saturated rings. The summed E-state index contributed by atoms with van der Waals surface area (Å²) in [4.78, 5) is 15.9. The molecule has 3 saturated heterocycles. The summed E-state index contributed by atoms with van der Waals surface area (Å²) < 4.78 is 5.41. The number of hydrogen-bond acceptors (Lipinski definition) is 2. The van der Waals surface area contributed by atoms with Crippen molar-refractivity contribution in [2.45, 2.75) is 57.2 Å². The molecule has 1 unspecified atom stereocenters. The largest absolute Gasteiger partial charge is 0.466 e. The standard InChI is InChI=1S/C21H30N2O2/c1-2-25-20(24)18-15-21(23-12-6-9-19(18)23)10-13-22(14-11-21)16-17-7-4-3-5-8-17/h3-5,7-8,18-19H,2,6,9-16H2,1H3/p+2/t18-,19+/m0/s1. The van der Waals surface area contributed by atoms with Crippen LogP contribution in [0.25, 0.3) is 0 Å². The lowest BCUT2D eigenvalue weighted by Gasteiger charge is -2.40. The first-order valence-electron chi connectivity index (χ1n) is 10.1. The zero-order valence-electron chi connectivity index (χ0n) is 15.4. The molecule has 3 atom stereocenters. The lowest BCUT2D eigenvalue weighted by atomic mass is 9.81. The number of esters is 1. The molecule has 1 aromatic rings. The van der Waals surface area contributed by atoms with E-state index >= 15 is 0 Å². The van der Waals surface area contributed by atoms with Gasteiger partial charge in [-0.3, -0.25) is 4.79 Å². The summed E-state index contributed by atoms with van der Waals surface area (Å²) in [6, 6.07) is 11.4. The van der Waals surface area contributed by atoms with E-state index in [4.69, 9.17) is 4.74 Å². The maximum absolute atomic E-state index is 12.5. The molecule has 1 aromatic carbocycles.